The molecule has 9 heteroatoms. The van der Waals surface area contributed by atoms with Gasteiger partial charge in [0.1, 0.15) is 0 Å². The lowest BCUT2D eigenvalue weighted by Gasteiger charge is -2.24. The Hall–Kier alpha value is -1.35. The van der Waals surface area contributed by atoms with Crippen LogP contribution in [-0.2, 0) is 23.9 Å². The van der Waals surface area contributed by atoms with Crippen molar-refractivity contribution in [2.45, 2.75) is 6.18 Å². The van der Waals surface area contributed by atoms with E-state index < -0.39 is 24.7 Å². The van der Waals surface area contributed by atoms with E-state index in [1.807, 2.05) is 0 Å². The van der Waals surface area contributed by atoms with E-state index in [-0.39, 0.29) is 0 Å². The summed E-state index contributed by atoms with van der Waals surface area (Å²) in [6.07, 6.45) is -5.11. The highest BCUT2D eigenvalue weighted by atomic mass is 19.4. The number of halogens is 3. The van der Waals surface area contributed by atoms with Gasteiger partial charge in [0.15, 0.2) is 6.61 Å². The van der Waals surface area contributed by atoms with Gasteiger partial charge in [0, 0.05) is 0 Å². The molecule has 1 heterocycles. The summed E-state index contributed by atoms with van der Waals surface area (Å²) in [5, 5.41) is 1.23. The molecule has 0 atom stereocenters. The number of morpholine rings is 1. The zero-order chi connectivity index (χ0) is 12.9. The number of hydrogen-bond donors (Lipinski definition) is 0. The first kappa shape index (κ1) is 13.7. The third-order valence-corrected chi connectivity index (χ3v) is 1.75. The van der Waals surface area contributed by atoms with Crippen LogP contribution in [0.4, 0.5) is 13.2 Å². The van der Waals surface area contributed by atoms with Gasteiger partial charge in [-0.3, -0.25) is 0 Å². The molecule has 0 aromatic heterocycles. The summed E-state index contributed by atoms with van der Waals surface area (Å²) >= 11 is 0. The van der Waals surface area contributed by atoms with E-state index in [0.29, 0.717) is 26.3 Å². The van der Waals surface area contributed by atoms with Crippen molar-refractivity contribution in [3.63, 3.8) is 0 Å². The van der Waals surface area contributed by atoms with Crippen molar-refractivity contribution in [1.82, 2.24) is 5.06 Å². The Morgan fingerprint density at radius 3 is 2.35 bits per heavy atom. The van der Waals surface area contributed by atoms with E-state index in [1.54, 1.807) is 0 Å². The molecule has 98 valence electrons. The molecule has 1 aliphatic heterocycles. The van der Waals surface area contributed by atoms with Crippen LogP contribution >= 0.6 is 0 Å². The molecule has 1 aliphatic rings. The second kappa shape index (κ2) is 5.82. The minimum absolute atomic E-state index is 0.318. The Morgan fingerprint density at radius 1 is 1.24 bits per heavy atom. The Bertz CT molecular complexity index is 287. The first-order valence-electron chi connectivity index (χ1n) is 4.67. The number of esters is 1. The van der Waals surface area contributed by atoms with Crippen molar-refractivity contribution in [2.75, 3.05) is 32.9 Å². The maximum absolute atomic E-state index is 11.7. The van der Waals surface area contributed by atoms with Crippen molar-refractivity contribution in [1.29, 1.82) is 0 Å². The van der Waals surface area contributed by atoms with Crippen LogP contribution in [0.3, 0.4) is 0 Å². The minimum atomic E-state index is -5.11. The van der Waals surface area contributed by atoms with Crippen LogP contribution in [0.2, 0.25) is 0 Å². The first-order valence-corrected chi connectivity index (χ1v) is 4.67. The summed E-state index contributed by atoms with van der Waals surface area (Å²) in [5.74, 6) is -3.49. The van der Waals surface area contributed by atoms with E-state index in [4.69, 9.17) is 4.74 Å². The molecule has 0 aromatic rings. The molecule has 0 saturated carbocycles. The molecule has 0 bridgehead atoms. The van der Waals surface area contributed by atoms with Crippen LogP contribution in [0.1, 0.15) is 0 Å². The van der Waals surface area contributed by atoms with Gasteiger partial charge in [-0.2, -0.15) is 13.2 Å². The molecule has 17 heavy (non-hydrogen) atoms. The lowest BCUT2D eigenvalue weighted by Crippen LogP contribution is -2.39. The van der Waals surface area contributed by atoms with Crippen LogP contribution in [0.25, 0.3) is 0 Å². The maximum atomic E-state index is 11.7. The second-order valence-electron chi connectivity index (χ2n) is 3.08. The number of alkyl halides is 3. The molecule has 6 nitrogen and oxygen atoms in total. The zero-order valence-corrected chi connectivity index (χ0v) is 8.66. The smallest absolute Gasteiger partial charge is 0.447 e. The topological polar surface area (TPSA) is 65.1 Å². The molecule has 0 aromatic carbocycles. The van der Waals surface area contributed by atoms with Crippen LogP contribution in [0.5, 0.6) is 0 Å². The summed E-state index contributed by atoms with van der Waals surface area (Å²) in [4.78, 5) is 25.9. The third-order valence-electron chi connectivity index (χ3n) is 1.75. The monoisotopic (exact) mass is 257 g/mol. The van der Waals surface area contributed by atoms with Gasteiger partial charge in [-0.25, -0.2) is 9.59 Å². The lowest BCUT2D eigenvalue weighted by molar-refractivity contribution is -0.217. The molecule has 0 unspecified atom stereocenters. The van der Waals surface area contributed by atoms with E-state index >= 15 is 0 Å². The Morgan fingerprint density at radius 2 is 1.82 bits per heavy atom. The highest BCUT2D eigenvalue weighted by molar-refractivity contribution is 5.79. The number of hydroxylamine groups is 2. The SMILES string of the molecule is O=C(COC(=O)C(F)(F)F)ON1CCOCC1. The van der Waals surface area contributed by atoms with Gasteiger partial charge in [0.05, 0.1) is 26.3 Å². The number of rotatable bonds is 3. The quantitative estimate of drug-likeness (QED) is 0.657. The van der Waals surface area contributed by atoms with Gasteiger partial charge in [-0.1, -0.05) is 0 Å². The van der Waals surface area contributed by atoms with Gasteiger partial charge in [-0.15, -0.1) is 5.06 Å². The third kappa shape index (κ3) is 5.00. The number of hydrogen-bond acceptors (Lipinski definition) is 6. The molecule has 1 saturated heterocycles. The standard InChI is InChI=1S/C8H10F3NO5/c9-8(10,11)7(14)16-5-6(13)17-12-1-3-15-4-2-12/h1-5H2. The molecule has 1 rings (SSSR count). The highest BCUT2D eigenvalue weighted by Crippen LogP contribution is 2.16. The van der Waals surface area contributed by atoms with Gasteiger partial charge in [-0.05, 0) is 0 Å². The van der Waals surface area contributed by atoms with Crippen LogP contribution in [-0.4, -0.2) is 56.1 Å². The molecule has 0 N–H and O–H groups in total. The second-order valence-corrected chi connectivity index (χ2v) is 3.08. The molecular formula is C8H10F3NO5. The molecule has 0 aliphatic carbocycles. The zero-order valence-electron chi connectivity index (χ0n) is 8.66. The summed E-state index contributed by atoms with van der Waals surface area (Å²) in [5.41, 5.74) is 0. The summed E-state index contributed by atoms with van der Waals surface area (Å²) < 4.78 is 43.8. The van der Waals surface area contributed by atoms with Crippen molar-refractivity contribution >= 4 is 11.9 Å². The fourth-order valence-corrected chi connectivity index (χ4v) is 1.01. The van der Waals surface area contributed by atoms with Crippen molar-refractivity contribution in [2.24, 2.45) is 0 Å². The van der Waals surface area contributed by atoms with Crippen LogP contribution < -0.4 is 0 Å². The first-order chi connectivity index (χ1) is 7.89. The van der Waals surface area contributed by atoms with Crippen molar-refractivity contribution in [3.8, 4) is 0 Å². The average molecular weight is 257 g/mol. The normalized spacial score (nSPS) is 17.6. The van der Waals surface area contributed by atoms with Gasteiger partial charge >= 0.3 is 18.1 Å². The Labute approximate surface area is 94.2 Å². The highest BCUT2D eigenvalue weighted by Gasteiger charge is 2.41. The summed E-state index contributed by atoms with van der Waals surface area (Å²) in [7, 11) is 0. The van der Waals surface area contributed by atoms with Crippen molar-refractivity contribution < 1.29 is 37.1 Å². The van der Waals surface area contributed by atoms with E-state index in [1.165, 1.54) is 5.06 Å². The summed E-state index contributed by atoms with van der Waals surface area (Å²) in [6.45, 7) is 0.277. The fourth-order valence-electron chi connectivity index (χ4n) is 1.01. The average Bonchev–Trinajstić information content (AvgIpc) is 2.26. The minimum Gasteiger partial charge on any atom is -0.447 e. The Kier molecular flexibility index (Phi) is 4.70. The predicted octanol–water partition coefficient (Wildman–Crippen LogP) is -0.118. The molecular weight excluding hydrogens is 247 g/mol. The number of carbonyl (C=O) groups is 2. The van der Waals surface area contributed by atoms with Crippen LogP contribution in [0.15, 0.2) is 0 Å². The number of nitrogens with zero attached hydrogens (tertiary/aromatic N) is 1. The largest absolute Gasteiger partial charge is 0.490 e. The maximum Gasteiger partial charge on any atom is 0.490 e. The molecule has 0 radical (unpaired) electrons. The van der Waals surface area contributed by atoms with Gasteiger partial charge in [0.2, 0.25) is 0 Å². The Balaban J connectivity index is 2.23. The van der Waals surface area contributed by atoms with Crippen molar-refractivity contribution in [3.05, 3.63) is 0 Å². The van der Waals surface area contributed by atoms with E-state index in [0.717, 1.165) is 0 Å². The number of ether oxygens (including phenoxy) is 2. The summed E-state index contributed by atoms with van der Waals surface area (Å²) in [6, 6.07) is 0. The van der Waals surface area contributed by atoms with Gasteiger partial charge < -0.3 is 14.3 Å². The molecule has 0 amide bonds. The molecule has 1 fully saturated rings. The fraction of sp³-hybridized carbons (Fsp3) is 0.750. The van der Waals surface area contributed by atoms with Gasteiger partial charge in [0.25, 0.3) is 0 Å². The van der Waals surface area contributed by atoms with E-state index in [2.05, 4.69) is 9.57 Å². The molecule has 0 spiro atoms. The predicted molar refractivity (Wildman–Crippen MR) is 45.5 cm³/mol. The van der Waals surface area contributed by atoms with Crippen LogP contribution in [0, 0.1) is 0 Å². The number of carbonyl (C=O) groups excluding carboxylic acids is 2. The van der Waals surface area contributed by atoms with E-state index in [9.17, 15) is 22.8 Å². The lowest BCUT2D eigenvalue weighted by atomic mass is 10.5.